The Morgan fingerprint density at radius 2 is 2.36 bits per heavy atom. The standard InChI is InChI=1S/C8H10N4O2/c1-2-5(3-9)12-4-6(10)7(13)11-8(12)14/h4-5H,2,10H2,1H3,(H,11,13,14). The third-order valence-corrected chi connectivity index (χ3v) is 1.87. The number of nitriles is 1. The molecule has 14 heavy (non-hydrogen) atoms. The van der Waals surface area contributed by atoms with Crippen LogP contribution in [-0.2, 0) is 0 Å². The predicted molar refractivity (Wildman–Crippen MR) is 50.7 cm³/mol. The minimum Gasteiger partial charge on any atom is -0.393 e. The highest BCUT2D eigenvalue weighted by molar-refractivity contribution is 5.30. The van der Waals surface area contributed by atoms with E-state index in [1.165, 1.54) is 6.20 Å². The van der Waals surface area contributed by atoms with E-state index in [4.69, 9.17) is 11.0 Å². The van der Waals surface area contributed by atoms with Gasteiger partial charge in [-0.15, -0.1) is 0 Å². The van der Waals surface area contributed by atoms with E-state index in [1.54, 1.807) is 6.92 Å². The topological polar surface area (TPSA) is 105 Å². The number of nitrogens with one attached hydrogen (secondary N) is 1. The van der Waals surface area contributed by atoms with E-state index in [9.17, 15) is 9.59 Å². The molecular formula is C8H10N4O2. The molecule has 0 spiro atoms. The minimum atomic E-state index is -0.626. The van der Waals surface area contributed by atoms with Crippen LogP contribution in [-0.4, -0.2) is 9.55 Å². The summed E-state index contributed by atoms with van der Waals surface area (Å²) in [6.45, 7) is 1.77. The van der Waals surface area contributed by atoms with Crippen molar-refractivity contribution in [1.82, 2.24) is 9.55 Å². The maximum atomic E-state index is 11.3. The van der Waals surface area contributed by atoms with Gasteiger partial charge in [-0.25, -0.2) is 4.79 Å². The molecule has 1 unspecified atom stereocenters. The van der Waals surface area contributed by atoms with Gasteiger partial charge in [0.2, 0.25) is 0 Å². The lowest BCUT2D eigenvalue weighted by Gasteiger charge is -2.09. The number of hydrogen-bond acceptors (Lipinski definition) is 4. The number of H-pyrrole nitrogens is 1. The zero-order valence-electron chi connectivity index (χ0n) is 7.65. The molecule has 1 aromatic rings. The number of nitrogens with zero attached hydrogens (tertiary/aromatic N) is 2. The van der Waals surface area contributed by atoms with Gasteiger partial charge in [0, 0.05) is 6.20 Å². The van der Waals surface area contributed by atoms with Crippen molar-refractivity contribution < 1.29 is 0 Å². The number of anilines is 1. The fraction of sp³-hybridized carbons (Fsp3) is 0.375. The molecule has 1 rings (SSSR count). The van der Waals surface area contributed by atoms with Gasteiger partial charge in [-0.1, -0.05) is 6.92 Å². The molecular weight excluding hydrogens is 184 g/mol. The molecule has 0 aromatic carbocycles. The van der Waals surface area contributed by atoms with Crippen molar-refractivity contribution in [3.8, 4) is 6.07 Å². The lowest BCUT2D eigenvalue weighted by atomic mass is 10.2. The van der Waals surface area contributed by atoms with Crippen LogP contribution in [0.25, 0.3) is 0 Å². The molecule has 0 bridgehead atoms. The van der Waals surface area contributed by atoms with E-state index in [-0.39, 0.29) is 5.69 Å². The lowest BCUT2D eigenvalue weighted by Crippen LogP contribution is -2.32. The normalized spacial score (nSPS) is 12.0. The van der Waals surface area contributed by atoms with Crippen molar-refractivity contribution in [2.75, 3.05) is 5.73 Å². The summed E-state index contributed by atoms with van der Waals surface area (Å²) in [7, 11) is 0. The van der Waals surface area contributed by atoms with Crippen molar-refractivity contribution in [2.24, 2.45) is 0 Å². The maximum absolute atomic E-state index is 11.3. The highest BCUT2D eigenvalue weighted by Gasteiger charge is 2.10. The average Bonchev–Trinajstić information content (AvgIpc) is 2.15. The molecule has 6 nitrogen and oxygen atoms in total. The quantitative estimate of drug-likeness (QED) is 0.667. The fourth-order valence-corrected chi connectivity index (χ4v) is 1.08. The zero-order chi connectivity index (χ0) is 10.7. The number of hydrogen-bond donors (Lipinski definition) is 2. The van der Waals surface area contributed by atoms with Crippen molar-refractivity contribution in [1.29, 1.82) is 5.26 Å². The van der Waals surface area contributed by atoms with Gasteiger partial charge in [-0.3, -0.25) is 14.3 Å². The van der Waals surface area contributed by atoms with Gasteiger partial charge in [0.1, 0.15) is 11.7 Å². The molecule has 3 N–H and O–H groups in total. The molecule has 0 radical (unpaired) electrons. The number of aromatic nitrogens is 2. The Morgan fingerprint density at radius 1 is 1.71 bits per heavy atom. The SMILES string of the molecule is CCC(C#N)n1cc(N)c(=O)[nH]c1=O. The maximum Gasteiger partial charge on any atom is 0.329 e. The van der Waals surface area contributed by atoms with E-state index in [2.05, 4.69) is 0 Å². The highest BCUT2D eigenvalue weighted by Crippen LogP contribution is 2.05. The van der Waals surface area contributed by atoms with Crippen LogP contribution in [0.5, 0.6) is 0 Å². The highest BCUT2D eigenvalue weighted by atomic mass is 16.2. The van der Waals surface area contributed by atoms with Crippen molar-refractivity contribution in [3.63, 3.8) is 0 Å². The fourth-order valence-electron chi connectivity index (χ4n) is 1.08. The van der Waals surface area contributed by atoms with Gasteiger partial charge < -0.3 is 5.73 Å². The van der Waals surface area contributed by atoms with E-state index in [0.717, 1.165) is 4.57 Å². The van der Waals surface area contributed by atoms with Crippen LogP contribution < -0.4 is 17.0 Å². The first-order valence-corrected chi connectivity index (χ1v) is 4.10. The summed E-state index contributed by atoms with van der Waals surface area (Å²) in [6.07, 6.45) is 1.67. The molecule has 0 saturated carbocycles. The Morgan fingerprint density at radius 3 is 2.86 bits per heavy atom. The Kier molecular flexibility index (Phi) is 2.72. The van der Waals surface area contributed by atoms with Crippen LogP contribution in [0.3, 0.4) is 0 Å². The second-order valence-corrected chi connectivity index (χ2v) is 2.80. The molecule has 0 amide bonds. The summed E-state index contributed by atoms with van der Waals surface area (Å²) in [5.41, 5.74) is 4.01. The molecule has 6 heteroatoms. The molecule has 0 saturated heterocycles. The smallest absolute Gasteiger partial charge is 0.329 e. The lowest BCUT2D eigenvalue weighted by molar-refractivity contribution is 0.563. The Labute approximate surface area is 79.6 Å². The molecule has 1 aromatic heterocycles. The second-order valence-electron chi connectivity index (χ2n) is 2.80. The van der Waals surface area contributed by atoms with Crippen LogP contribution in [0.1, 0.15) is 19.4 Å². The van der Waals surface area contributed by atoms with Crippen molar-refractivity contribution in [3.05, 3.63) is 27.0 Å². The van der Waals surface area contributed by atoms with Gasteiger partial charge in [0.15, 0.2) is 0 Å². The van der Waals surface area contributed by atoms with Crippen LogP contribution in [0, 0.1) is 11.3 Å². The van der Waals surface area contributed by atoms with Crippen molar-refractivity contribution >= 4 is 5.69 Å². The minimum absolute atomic E-state index is 0.0710. The van der Waals surface area contributed by atoms with Crippen LogP contribution in [0.15, 0.2) is 15.8 Å². The average molecular weight is 194 g/mol. The predicted octanol–water partition coefficient (Wildman–Crippen LogP) is -0.407. The van der Waals surface area contributed by atoms with Gasteiger partial charge in [0.05, 0.1) is 6.07 Å². The summed E-state index contributed by atoms with van der Waals surface area (Å²) in [5.74, 6) is 0. The van der Waals surface area contributed by atoms with Crippen molar-refractivity contribution in [2.45, 2.75) is 19.4 Å². The summed E-state index contributed by atoms with van der Waals surface area (Å²) >= 11 is 0. The summed E-state index contributed by atoms with van der Waals surface area (Å²) in [5, 5.41) is 8.72. The molecule has 0 aliphatic rings. The molecule has 0 fully saturated rings. The van der Waals surface area contributed by atoms with Gasteiger partial charge in [-0.05, 0) is 6.42 Å². The Bertz CT molecular complexity index is 479. The van der Waals surface area contributed by atoms with Gasteiger partial charge >= 0.3 is 5.69 Å². The van der Waals surface area contributed by atoms with Crippen LogP contribution >= 0.6 is 0 Å². The summed E-state index contributed by atoms with van der Waals surface area (Å²) in [4.78, 5) is 24.2. The zero-order valence-corrected chi connectivity index (χ0v) is 7.65. The molecule has 74 valence electrons. The first-order valence-electron chi connectivity index (χ1n) is 4.10. The number of nitrogens with two attached hydrogens (primary N) is 1. The number of aromatic amines is 1. The number of nitrogen functional groups attached to an aromatic ring is 1. The van der Waals surface area contributed by atoms with Gasteiger partial charge in [0.25, 0.3) is 5.56 Å². The van der Waals surface area contributed by atoms with E-state index >= 15 is 0 Å². The molecule has 1 heterocycles. The molecule has 0 aliphatic heterocycles. The third-order valence-electron chi connectivity index (χ3n) is 1.87. The largest absolute Gasteiger partial charge is 0.393 e. The Balaban J connectivity index is 3.37. The van der Waals surface area contributed by atoms with Crippen LogP contribution in [0.4, 0.5) is 5.69 Å². The first kappa shape index (κ1) is 10.1. The summed E-state index contributed by atoms with van der Waals surface area (Å²) < 4.78 is 1.12. The first-order chi connectivity index (χ1) is 6.60. The monoisotopic (exact) mass is 194 g/mol. The molecule has 1 atom stereocenters. The van der Waals surface area contributed by atoms with Crippen LogP contribution in [0.2, 0.25) is 0 Å². The van der Waals surface area contributed by atoms with E-state index < -0.39 is 17.3 Å². The van der Waals surface area contributed by atoms with E-state index in [0.29, 0.717) is 6.42 Å². The second kappa shape index (κ2) is 3.79. The number of rotatable bonds is 2. The van der Waals surface area contributed by atoms with Gasteiger partial charge in [-0.2, -0.15) is 5.26 Å². The van der Waals surface area contributed by atoms with E-state index in [1.807, 2.05) is 11.1 Å². The Hall–Kier alpha value is -2.03. The molecule has 0 aliphatic carbocycles. The third kappa shape index (κ3) is 1.66. The summed E-state index contributed by atoms with van der Waals surface area (Å²) in [6, 6.07) is 1.35.